The Balaban J connectivity index is 1.42. The molecule has 1 heteroatoms. The zero-order valence-electron chi connectivity index (χ0n) is 14.0. The summed E-state index contributed by atoms with van der Waals surface area (Å²) in [5.74, 6) is 0. The Hall–Kier alpha value is -0.820. The summed E-state index contributed by atoms with van der Waals surface area (Å²) in [5, 5.41) is 0. The van der Waals surface area contributed by atoms with E-state index in [1.54, 1.807) is 11.1 Å². The normalized spacial score (nSPS) is 26.5. The Kier molecular flexibility index (Phi) is 4.26. The second-order valence-corrected chi connectivity index (χ2v) is 7.97. The van der Waals surface area contributed by atoms with E-state index in [2.05, 4.69) is 29.2 Å². The fourth-order valence-corrected chi connectivity index (χ4v) is 5.40. The van der Waals surface area contributed by atoms with Gasteiger partial charge in [0.05, 0.1) is 0 Å². The molecule has 2 aliphatic carbocycles. The number of likely N-dealkylation sites (tertiary alicyclic amines) is 1. The Morgan fingerprint density at radius 2 is 1.50 bits per heavy atom. The van der Waals surface area contributed by atoms with Crippen LogP contribution >= 0.6 is 0 Å². The van der Waals surface area contributed by atoms with Crippen molar-refractivity contribution in [3.8, 4) is 0 Å². The van der Waals surface area contributed by atoms with Crippen LogP contribution in [-0.2, 0) is 11.8 Å². The van der Waals surface area contributed by atoms with Gasteiger partial charge in [-0.3, -0.25) is 0 Å². The number of rotatable bonds is 1. The minimum absolute atomic E-state index is 0.536. The number of benzene rings is 1. The summed E-state index contributed by atoms with van der Waals surface area (Å²) in [4.78, 5) is 2.86. The third-order valence-electron chi connectivity index (χ3n) is 6.81. The zero-order chi connectivity index (χ0) is 14.8. The molecule has 0 amide bonds. The molecule has 1 saturated heterocycles. The van der Waals surface area contributed by atoms with Crippen molar-refractivity contribution < 1.29 is 0 Å². The van der Waals surface area contributed by atoms with Gasteiger partial charge in [-0.1, -0.05) is 56.4 Å². The third kappa shape index (κ3) is 2.73. The molecule has 0 aromatic heterocycles. The molecule has 1 aliphatic heterocycles. The highest BCUT2D eigenvalue weighted by molar-refractivity contribution is 5.39. The summed E-state index contributed by atoms with van der Waals surface area (Å²) in [6.07, 6.45) is 15.8. The predicted octanol–water partition coefficient (Wildman–Crippen LogP) is 5.08. The lowest BCUT2D eigenvalue weighted by molar-refractivity contribution is 0.0982. The first-order valence-electron chi connectivity index (χ1n) is 9.70. The molecule has 1 aromatic carbocycles. The Labute approximate surface area is 136 Å². The summed E-state index contributed by atoms with van der Waals surface area (Å²) in [6, 6.07) is 10.2. The fraction of sp³-hybridized carbons (Fsp3) is 0.714. The molecule has 22 heavy (non-hydrogen) atoms. The lowest BCUT2D eigenvalue weighted by atomic mass is 9.73. The highest BCUT2D eigenvalue weighted by Gasteiger charge is 2.41. The topological polar surface area (TPSA) is 3.24 Å². The van der Waals surface area contributed by atoms with Crippen LogP contribution in [0.4, 0.5) is 0 Å². The van der Waals surface area contributed by atoms with Crippen LogP contribution < -0.4 is 0 Å². The fourth-order valence-electron chi connectivity index (χ4n) is 5.40. The molecule has 3 aliphatic rings. The molecule has 1 nitrogen and oxygen atoms in total. The summed E-state index contributed by atoms with van der Waals surface area (Å²) in [5.41, 5.74) is 3.88. The summed E-state index contributed by atoms with van der Waals surface area (Å²) in [6.45, 7) is 2.69. The number of aryl methyl sites for hydroxylation is 1. The standard InChI is InChI=1S/C21H31N/c1-2-4-9-19(10-5-3-1)22-16-14-21(15-17-22)13-12-18-8-6-7-11-20(18)21/h6-8,11,19H,1-5,9-10,12-17H2. The Morgan fingerprint density at radius 3 is 2.27 bits per heavy atom. The van der Waals surface area contributed by atoms with Crippen LogP contribution in [0.5, 0.6) is 0 Å². The molecule has 4 rings (SSSR count). The minimum Gasteiger partial charge on any atom is -0.300 e. The van der Waals surface area contributed by atoms with E-state index in [0.717, 1.165) is 6.04 Å². The highest BCUT2D eigenvalue weighted by atomic mass is 15.2. The molecule has 1 aromatic rings. The maximum Gasteiger partial charge on any atom is 0.00952 e. The lowest BCUT2D eigenvalue weighted by Gasteiger charge is -2.44. The third-order valence-corrected chi connectivity index (χ3v) is 6.81. The van der Waals surface area contributed by atoms with Crippen molar-refractivity contribution in [3.05, 3.63) is 35.4 Å². The van der Waals surface area contributed by atoms with Crippen molar-refractivity contribution in [2.45, 2.75) is 82.1 Å². The van der Waals surface area contributed by atoms with E-state index in [0.29, 0.717) is 5.41 Å². The van der Waals surface area contributed by atoms with Gasteiger partial charge in [-0.15, -0.1) is 0 Å². The Morgan fingerprint density at radius 1 is 0.818 bits per heavy atom. The molecular formula is C21H31N. The van der Waals surface area contributed by atoms with E-state index >= 15 is 0 Å². The summed E-state index contributed by atoms with van der Waals surface area (Å²) >= 11 is 0. The van der Waals surface area contributed by atoms with E-state index in [1.165, 1.54) is 83.7 Å². The molecule has 0 unspecified atom stereocenters. The van der Waals surface area contributed by atoms with Crippen LogP contribution in [0.1, 0.15) is 75.3 Å². The summed E-state index contributed by atoms with van der Waals surface area (Å²) < 4.78 is 0. The quantitative estimate of drug-likeness (QED) is 0.698. The maximum atomic E-state index is 2.86. The van der Waals surface area contributed by atoms with Gasteiger partial charge < -0.3 is 4.90 Å². The van der Waals surface area contributed by atoms with Crippen molar-refractivity contribution >= 4 is 0 Å². The number of hydrogen-bond donors (Lipinski definition) is 0. The van der Waals surface area contributed by atoms with Crippen LogP contribution in [0.2, 0.25) is 0 Å². The maximum absolute atomic E-state index is 2.86. The van der Waals surface area contributed by atoms with Crippen LogP contribution in [0, 0.1) is 0 Å². The van der Waals surface area contributed by atoms with Gasteiger partial charge in [0, 0.05) is 6.04 Å². The van der Waals surface area contributed by atoms with E-state index in [-0.39, 0.29) is 0 Å². The molecule has 2 fully saturated rings. The van der Waals surface area contributed by atoms with Gasteiger partial charge in [0.1, 0.15) is 0 Å². The average molecular weight is 297 g/mol. The molecule has 0 bridgehead atoms. The van der Waals surface area contributed by atoms with Crippen molar-refractivity contribution in [2.75, 3.05) is 13.1 Å². The van der Waals surface area contributed by atoms with Gasteiger partial charge in [0.25, 0.3) is 0 Å². The largest absolute Gasteiger partial charge is 0.300 e. The van der Waals surface area contributed by atoms with Crippen molar-refractivity contribution in [1.82, 2.24) is 4.90 Å². The van der Waals surface area contributed by atoms with Crippen molar-refractivity contribution in [3.63, 3.8) is 0 Å². The van der Waals surface area contributed by atoms with Crippen LogP contribution in [-0.4, -0.2) is 24.0 Å². The Bertz CT molecular complexity index is 490. The van der Waals surface area contributed by atoms with Gasteiger partial charge in [-0.05, 0) is 68.2 Å². The highest BCUT2D eigenvalue weighted by Crippen LogP contribution is 2.46. The second kappa shape index (κ2) is 6.35. The number of piperidine rings is 1. The minimum atomic E-state index is 0.536. The molecule has 0 radical (unpaired) electrons. The molecule has 120 valence electrons. The first-order chi connectivity index (χ1) is 10.9. The zero-order valence-corrected chi connectivity index (χ0v) is 14.0. The average Bonchev–Trinajstić information content (AvgIpc) is 2.88. The SMILES string of the molecule is c1ccc2c(c1)CCC21CCN(C2CCCCCCC2)CC1. The van der Waals surface area contributed by atoms with Crippen molar-refractivity contribution in [1.29, 1.82) is 0 Å². The first-order valence-corrected chi connectivity index (χ1v) is 9.70. The van der Waals surface area contributed by atoms with E-state index in [1.807, 2.05) is 0 Å². The number of nitrogens with zero attached hydrogens (tertiary/aromatic N) is 1. The number of fused-ring (bicyclic) bond motifs is 2. The van der Waals surface area contributed by atoms with Gasteiger partial charge in [0.15, 0.2) is 0 Å². The molecule has 1 heterocycles. The van der Waals surface area contributed by atoms with Gasteiger partial charge in [-0.2, -0.15) is 0 Å². The van der Waals surface area contributed by atoms with Gasteiger partial charge in [0.2, 0.25) is 0 Å². The van der Waals surface area contributed by atoms with Crippen LogP contribution in [0.3, 0.4) is 0 Å². The molecular weight excluding hydrogens is 266 g/mol. The predicted molar refractivity (Wildman–Crippen MR) is 93.4 cm³/mol. The molecule has 1 spiro atoms. The van der Waals surface area contributed by atoms with Gasteiger partial charge >= 0.3 is 0 Å². The van der Waals surface area contributed by atoms with E-state index in [9.17, 15) is 0 Å². The molecule has 1 saturated carbocycles. The smallest absolute Gasteiger partial charge is 0.00952 e. The lowest BCUT2D eigenvalue weighted by Crippen LogP contribution is -2.46. The first kappa shape index (κ1) is 14.8. The van der Waals surface area contributed by atoms with Crippen molar-refractivity contribution in [2.24, 2.45) is 0 Å². The monoisotopic (exact) mass is 297 g/mol. The van der Waals surface area contributed by atoms with E-state index in [4.69, 9.17) is 0 Å². The number of hydrogen-bond acceptors (Lipinski definition) is 1. The molecule has 0 atom stereocenters. The van der Waals surface area contributed by atoms with Crippen LogP contribution in [0.25, 0.3) is 0 Å². The summed E-state index contributed by atoms with van der Waals surface area (Å²) in [7, 11) is 0. The molecule has 0 N–H and O–H groups in total. The second-order valence-electron chi connectivity index (χ2n) is 7.97. The van der Waals surface area contributed by atoms with Gasteiger partial charge in [-0.25, -0.2) is 0 Å². The van der Waals surface area contributed by atoms with Crippen LogP contribution in [0.15, 0.2) is 24.3 Å². The van der Waals surface area contributed by atoms with E-state index < -0.39 is 0 Å².